The van der Waals surface area contributed by atoms with Crippen LogP contribution in [-0.2, 0) is 6.54 Å². The van der Waals surface area contributed by atoms with Gasteiger partial charge in [-0.25, -0.2) is 4.98 Å². The second-order valence-corrected chi connectivity index (χ2v) is 7.75. The molecule has 154 valence electrons. The Morgan fingerprint density at radius 1 is 1.20 bits per heavy atom. The molecule has 1 fully saturated rings. The maximum Gasteiger partial charge on any atom is 0.129 e. The molecular weight excluding hydrogens is 378 g/mol. The summed E-state index contributed by atoms with van der Waals surface area (Å²) in [5.41, 5.74) is 4.31. The van der Waals surface area contributed by atoms with E-state index in [0.29, 0.717) is 6.54 Å². The van der Waals surface area contributed by atoms with Crippen LogP contribution in [0.15, 0.2) is 42.9 Å². The van der Waals surface area contributed by atoms with Gasteiger partial charge in [0.25, 0.3) is 0 Å². The van der Waals surface area contributed by atoms with Gasteiger partial charge in [-0.05, 0) is 44.4 Å². The minimum absolute atomic E-state index is 0.304. The van der Waals surface area contributed by atoms with Crippen molar-refractivity contribution in [3.8, 4) is 22.6 Å². The van der Waals surface area contributed by atoms with Crippen LogP contribution in [0.2, 0.25) is 0 Å². The van der Waals surface area contributed by atoms with Crippen LogP contribution in [0.3, 0.4) is 0 Å². The van der Waals surface area contributed by atoms with Crippen LogP contribution in [-0.4, -0.2) is 54.2 Å². The van der Waals surface area contributed by atoms with E-state index in [2.05, 4.69) is 32.1 Å². The molecule has 0 unspecified atom stereocenters. The van der Waals surface area contributed by atoms with E-state index < -0.39 is 0 Å². The second kappa shape index (κ2) is 7.87. The van der Waals surface area contributed by atoms with Crippen molar-refractivity contribution in [1.82, 2.24) is 29.9 Å². The van der Waals surface area contributed by atoms with Gasteiger partial charge in [0, 0.05) is 36.8 Å². The van der Waals surface area contributed by atoms with E-state index in [1.54, 1.807) is 6.20 Å². The lowest BCUT2D eigenvalue weighted by atomic mass is 10.1. The number of nitrogens with one attached hydrogen (secondary N) is 1. The van der Waals surface area contributed by atoms with Gasteiger partial charge in [0.05, 0.1) is 35.4 Å². The van der Waals surface area contributed by atoms with Crippen molar-refractivity contribution >= 4 is 16.7 Å². The maximum absolute atomic E-state index is 10.2. The molecule has 0 aliphatic carbocycles. The van der Waals surface area contributed by atoms with Gasteiger partial charge in [0.2, 0.25) is 0 Å². The molecule has 0 radical (unpaired) electrons. The van der Waals surface area contributed by atoms with E-state index in [9.17, 15) is 5.11 Å². The van der Waals surface area contributed by atoms with Crippen molar-refractivity contribution in [3.05, 3.63) is 42.9 Å². The number of aryl methyl sites for hydroxylation is 1. The molecule has 1 aliphatic heterocycles. The van der Waals surface area contributed by atoms with Gasteiger partial charge < -0.3 is 10.0 Å². The zero-order valence-electron chi connectivity index (χ0n) is 17.0. The van der Waals surface area contributed by atoms with E-state index in [4.69, 9.17) is 4.98 Å². The Kier molecular flexibility index (Phi) is 4.92. The summed E-state index contributed by atoms with van der Waals surface area (Å²) in [6.45, 7) is 4.40. The number of rotatable bonds is 4. The third-order valence-electron chi connectivity index (χ3n) is 5.65. The Hall–Kier alpha value is -3.26. The lowest BCUT2D eigenvalue weighted by Crippen LogP contribution is -2.31. The Morgan fingerprint density at radius 3 is 3.00 bits per heavy atom. The summed E-state index contributed by atoms with van der Waals surface area (Å²) in [4.78, 5) is 11.6. The molecular formula is C22H25N7O. The number of aliphatic hydroxyl groups excluding tert-OH is 1. The fourth-order valence-corrected chi connectivity index (χ4v) is 4.00. The summed E-state index contributed by atoms with van der Waals surface area (Å²) < 4.78 is 1.89. The molecule has 0 spiro atoms. The molecule has 1 atom stereocenters. The van der Waals surface area contributed by atoms with Crippen LogP contribution < -0.4 is 4.90 Å². The average Bonchev–Trinajstić information content (AvgIpc) is 3.37. The third-order valence-corrected chi connectivity index (χ3v) is 5.65. The van der Waals surface area contributed by atoms with E-state index in [-0.39, 0.29) is 6.10 Å². The molecule has 2 N–H and O–H groups in total. The first kappa shape index (κ1) is 18.7. The fourth-order valence-electron chi connectivity index (χ4n) is 4.00. The highest BCUT2D eigenvalue weighted by molar-refractivity contribution is 5.93. The smallest absolute Gasteiger partial charge is 0.129 e. The molecule has 1 saturated heterocycles. The predicted octanol–water partition coefficient (Wildman–Crippen LogP) is 3.25. The molecule has 8 nitrogen and oxygen atoms in total. The van der Waals surface area contributed by atoms with Crippen LogP contribution in [0.1, 0.15) is 26.2 Å². The number of H-pyrrole nitrogens is 1. The minimum Gasteiger partial charge on any atom is -0.391 e. The molecule has 0 saturated carbocycles. The highest BCUT2D eigenvalue weighted by Gasteiger charge is 2.19. The third kappa shape index (κ3) is 3.54. The standard InChI is InChI=1S/C22H25N7O/c1-2-29-13-15(11-24-29)19-10-17-20(12-23-19)26-27-22(17)18-7-5-8-21(25-18)28-9-4-3-6-16(30)14-28/h5,7-8,10-13,16,30H,2-4,6,9,14H2,1H3,(H,26,27)/t16-/m0/s1. The number of pyridine rings is 2. The summed E-state index contributed by atoms with van der Waals surface area (Å²) in [5, 5.41) is 23.1. The van der Waals surface area contributed by atoms with Crippen LogP contribution in [0, 0.1) is 0 Å². The molecule has 5 heterocycles. The molecule has 1 aliphatic rings. The van der Waals surface area contributed by atoms with Gasteiger partial charge in [0.15, 0.2) is 0 Å². The van der Waals surface area contributed by atoms with Crippen molar-refractivity contribution in [2.75, 3.05) is 18.0 Å². The van der Waals surface area contributed by atoms with Crippen molar-refractivity contribution in [1.29, 1.82) is 0 Å². The molecule has 30 heavy (non-hydrogen) atoms. The van der Waals surface area contributed by atoms with Gasteiger partial charge in [-0.2, -0.15) is 10.2 Å². The largest absolute Gasteiger partial charge is 0.391 e. The Labute approximate surface area is 174 Å². The monoisotopic (exact) mass is 403 g/mol. The number of hydrogen-bond acceptors (Lipinski definition) is 6. The quantitative estimate of drug-likeness (QED) is 0.543. The molecule has 8 heteroatoms. The lowest BCUT2D eigenvalue weighted by Gasteiger charge is -2.23. The summed E-state index contributed by atoms with van der Waals surface area (Å²) in [7, 11) is 0. The zero-order chi connectivity index (χ0) is 20.5. The number of aromatic amines is 1. The summed E-state index contributed by atoms with van der Waals surface area (Å²) in [6, 6.07) is 8.02. The molecule has 0 bridgehead atoms. The fraction of sp³-hybridized carbons (Fsp3) is 0.364. The van der Waals surface area contributed by atoms with Gasteiger partial charge in [-0.1, -0.05) is 6.07 Å². The summed E-state index contributed by atoms with van der Waals surface area (Å²) >= 11 is 0. The van der Waals surface area contributed by atoms with E-state index in [0.717, 1.165) is 71.7 Å². The van der Waals surface area contributed by atoms with Crippen LogP contribution in [0.25, 0.3) is 33.5 Å². The SMILES string of the molecule is CCn1cc(-c2cc3c(-c4cccc(N5CCCC[C@H](O)C5)n4)n[nH]c3cn2)cn1. The average molecular weight is 403 g/mol. The number of hydrogen-bond donors (Lipinski definition) is 2. The van der Waals surface area contributed by atoms with Crippen LogP contribution in [0.5, 0.6) is 0 Å². The molecule has 0 aromatic carbocycles. The summed E-state index contributed by atoms with van der Waals surface area (Å²) in [5.74, 6) is 0.878. The highest BCUT2D eigenvalue weighted by atomic mass is 16.3. The Morgan fingerprint density at radius 2 is 2.13 bits per heavy atom. The van der Waals surface area contributed by atoms with E-state index >= 15 is 0 Å². The number of aromatic nitrogens is 6. The maximum atomic E-state index is 10.2. The number of anilines is 1. The Balaban J connectivity index is 1.52. The number of β-amino-alcohol motifs (C(OH)–C–C–N with tert-alkyl or cyclic N) is 1. The van der Waals surface area contributed by atoms with Crippen molar-refractivity contribution in [2.45, 2.75) is 38.8 Å². The van der Waals surface area contributed by atoms with Gasteiger partial charge >= 0.3 is 0 Å². The van der Waals surface area contributed by atoms with Crippen molar-refractivity contribution < 1.29 is 5.11 Å². The first-order valence-electron chi connectivity index (χ1n) is 10.5. The first-order valence-corrected chi connectivity index (χ1v) is 10.5. The molecule has 5 rings (SSSR count). The van der Waals surface area contributed by atoms with E-state index in [1.807, 2.05) is 41.3 Å². The number of fused-ring (bicyclic) bond motifs is 1. The van der Waals surface area contributed by atoms with Gasteiger partial charge in [0.1, 0.15) is 11.5 Å². The van der Waals surface area contributed by atoms with Crippen molar-refractivity contribution in [2.24, 2.45) is 0 Å². The van der Waals surface area contributed by atoms with Gasteiger partial charge in [-0.15, -0.1) is 0 Å². The van der Waals surface area contributed by atoms with Crippen LogP contribution >= 0.6 is 0 Å². The topological polar surface area (TPSA) is 95.8 Å². The first-order chi connectivity index (χ1) is 14.7. The number of nitrogens with zero attached hydrogens (tertiary/aromatic N) is 6. The molecule has 4 aromatic rings. The molecule has 4 aromatic heterocycles. The van der Waals surface area contributed by atoms with Crippen LogP contribution in [0.4, 0.5) is 5.82 Å². The zero-order valence-corrected chi connectivity index (χ0v) is 17.0. The Bertz CT molecular complexity index is 1170. The minimum atomic E-state index is -0.304. The molecule has 0 amide bonds. The van der Waals surface area contributed by atoms with Crippen molar-refractivity contribution in [3.63, 3.8) is 0 Å². The van der Waals surface area contributed by atoms with E-state index in [1.165, 1.54) is 0 Å². The highest BCUT2D eigenvalue weighted by Crippen LogP contribution is 2.29. The number of aliphatic hydroxyl groups is 1. The van der Waals surface area contributed by atoms with Gasteiger partial charge in [-0.3, -0.25) is 14.8 Å². The summed E-state index contributed by atoms with van der Waals surface area (Å²) in [6.07, 6.45) is 8.30. The normalized spacial score (nSPS) is 17.4. The predicted molar refractivity (Wildman–Crippen MR) is 116 cm³/mol. The lowest BCUT2D eigenvalue weighted by molar-refractivity contribution is 0.174. The second-order valence-electron chi connectivity index (χ2n) is 7.75.